The third kappa shape index (κ3) is 3.40. The molecule has 2 rings (SSSR count). The highest BCUT2D eigenvalue weighted by Gasteiger charge is 2.24. The lowest BCUT2D eigenvalue weighted by Gasteiger charge is -2.22. The number of nitrogens with two attached hydrogens (primary N) is 1. The lowest BCUT2D eigenvalue weighted by molar-refractivity contribution is 0.385. The van der Waals surface area contributed by atoms with E-state index >= 15 is 0 Å². The maximum absolute atomic E-state index is 13.1. The van der Waals surface area contributed by atoms with Crippen molar-refractivity contribution >= 4 is 11.8 Å². The van der Waals surface area contributed by atoms with Gasteiger partial charge in [-0.3, -0.25) is 11.3 Å². The molecule has 17 heavy (non-hydrogen) atoms. The van der Waals surface area contributed by atoms with Gasteiger partial charge in [-0.15, -0.1) is 0 Å². The number of rotatable bonds is 4. The molecule has 1 aliphatic rings. The largest absolute Gasteiger partial charge is 0.271 e. The molecule has 1 aliphatic heterocycles. The van der Waals surface area contributed by atoms with E-state index in [0.717, 1.165) is 24.0 Å². The highest BCUT2D eigenvalue weighted by Crippen LogP contribution is 2.27. The molecule has 1 saturated heterocycles. The van der Waals surface area contributed by atoms with Crippen LogP contribution in [-0.2, 0) is 6.42 Å². The second-order valence-corrected chi connectivity index (χ2v) is 5.53. The summed E-state index contributed by atoms with van der Waals surface area (Å²) >= 11 is 1.90. The van der Waals surface area contributed by atoms with Crippen LogP contribution < -0.4 is 11.3 Å². The molecule has 0 aliphatic carbocycles. The molecule has 2 unspecified atom stereocenters. The minimum Gasteiger partial charge on any atom is -0.271 e. The molecule has 1 aromatic rings. The van der Waals surface area contributed by atoms with Crippen molar-refractivity contribution in [2.24, 2.45) is 11.8 Å². The smallest absolute Gasteiger partial charge is 0.126 e. The van der Waals surface area contributed by atoms with Crippen LogP contribution in [0.3, 0.4) is 0 Å². The molecule has 0 spiro atoms. The van der Waals surface area contributed by atoms with Crippen molar-refractivity contribution in [1.29, 1.82) is 0 Å². The van der Waals surface area contributed by atoms with Crippen molar-refractivity contribution < 1.29 is 8.78 Å². The number of nitrogens with one attached hydrogen (secondary N) is 1. The van der Waals surface area contributed by atoms with Crippen molar-refractivity contribution in [2.75, 3.05) is 11.5 Å². The number of thioether (sulfide) groups is 1. The normalized spacial score (nSPS) is 21.7. The Labute approximate surface area is 104 Å². The van der Waals surface area contributed by atoms with Crippen LogP contribution in [0.2, 0.25) is 0 Å². The van der Waals surface area contributed by atoms with Gasteiger partial charge in [0.25, 0.3) is 0 Å². The van der Waals surface area contributed by atoms with E-state index in [2.05, 4.69) is 5.43 Å². The van der Waals surface area contributed by atoms with Crippen LogP contribution in [0.4, 0.5) is 8.78 Å². The van der Waals surface area contributed by atoms with Crippen LogP contribution in [0.5, 0.6) is 0 Å². The highest BCUT2D eigenvalue weighted by atomic mass is 32.2. The molecule has 94 valence electrons. The Kier molecular flexibility index (Phi) is 4.36. The maximum Gasteiger partial charge on any atom is 0.126 e. The number of hydrazine groups is 1. The van der Waals surface area contributed by atoms with Crippen LogP contribution in [0.1, 0.15) is 12.0 Å². The van der Waals surface area contributed by atoms with E-state index in [1.165, 1.54) is 12.1 Å². The van der Waals surface area contributed by atoms with Gasteiger partial charge in [-0.05, 0) is 48.0 Å². The van der Waals surface area contributed by atoms with E-state index in [-0.39, 0.29) is 6.04 Å². The van der Waals surface area contributed by atoms with Gasteiger partial charge in [0.15, 0.2) is 0 Å². The second-order valence-electron chi connectivity index (χ2n) is 4.38. The molecule has 0 amide bonds. The summed E-state index contributed by atoms with van der Waals surface area (Å²) in [5.74, 6) is 7.15. The lowest BCUT2D eigenvalue weighted by atomic mass is 9.93. The molecule has 5 heteroatoms. The van der Waals surface area contributed by atoms with Gasteiger partial charge >= 0.3 is 0 Å². The van der Waals surface area contributed by atoms with Crippen LogP contribution in [0.25, 0.3) is 0 Å². The molecule has 1 aromatic carbocycles. The summed E-state index contributed by atoms with van der Waals surface area (Å²) in [4.78, 5) is 0. The zero-order valence-electron chi connectivity index (χ0n) is 9.46. The van der Waals surface area contributed by atoms with Crippen LogP contribution >= 0.6 is 11.8 Å². The van der Waals surface area contributed by atoms with Gasteiger partial charge in [-0.2, -0.15) is 11.8 Å². The van der Waals surface area contributed by atoms with Crippen molar-refractivity contribution in [3.05, 3.63) is 35.4 Å². The van der Waals surface area contributed by atoms with Gasteiger partial charge in [-0.25, -0.2) is 8.78 Å². The fourth-order valence-electron chi connectivity index (χ4n) is 2.21. The van der Waals surface area contributed by atoms with Crippen molar-refractivity contribution in [1.82, 2.24) is 5.43 Å². The highest BCUT2D eigenvalue weighted by molar-refractivity contribution is 7.99. The first-order valence-electron chi connectivity index (χ1n) is 5.68. The number of hydrogen-bond acceptors (Lipinski definition) is 3. The topological polar surface area (TPSA) is 38.0 Å². The van der Waals surface area contributed by atoms with E-state index in [0.29, 0.717) is 17.9 Å². The Hall–Kier alpha value is -0.650. The molecule has 1 fully saturated rings. The van der Waals surface area contributed by atoms with Crippen molar-refractivity contribution in [3.8, 4) is 0 Å². The zero-order chi connectivity index (χ0) is 12.3. The fourth-order valence-corrected chi connectivity index (χ4v) is 3.55. The van der Waals surface area contributed by atoms with Gasteiger partial charge < -0.3 is 0 Å². The van der Waals surface area contributed by atoms with E-state index in [4.69, 9.17) is 5.84 Å². The van der Waals surface area contributed by atoms with E-state index in [1.54, 1.807) is 0 Å². The monoisotopic (exact) mass is 258 g/mol. The van der Waals surface area contributed by atoms with E-state index < -0.39 is 11.6 Å². The van der Waals surface area contributed by atoms with Gasteiger partial charge in [0.2, 0.25) is 0 Å². The second kappa shape index (κ2) is 5.80. The molecular formula is C12H16F2N2S. The lowest BCUT2D eigenvalue weighted by Crippen LogP contribution is -2.42. The average molecular weight is 258 g/mol. The molecule has 2 atom stereocenters. The van der Waals surface area contributed by atoms with Crippen molar-refractivity contribution in [3.63, 3.8) is 0 Å². The van der Waals surface area contributed by atoms with Crippen LogP contribution in [0, 0.1) is 17.6 Å². The molecule has 0 saturated carbocycles. The third-order valence-corrected chi connectivity index (χ3v) is 4.31. The third-order valence-electron chi connectivity index (χ3n) is 3.13. The minimum absolute atomic E-state index is 0.0891. The summed E-state index contributed by atoms with van der Waals surface area (Å²) < 4.78 is 26.1. The van der Waals surface area contributed by atoms with E-state index in [9.17, 15) is 8.78 Å². The number of halogens is 2. The minimum atomic E-state index is -0.531. The molecule has 0 radical (unpaired) electrons. The molecular weight excluding hydrogens is 242 g/mol. The van der Waals surface area contributed by atoms with E-state index in [1.807, 2.05) is 11.8 Å². The van der Waals surface area contributed by atoms with Gasteiger partial charge in [-0.1, -0.05) is 0 Å². The summed E-state index contributed by atoms with van der Waals surface area (Å²) in [5.41, 5.74) is 3.43. The Morgan fingerprint density at radius 2 is 2.06 bits per heavy atom. The molecule has 0 bridgehead atoms. The summed E-state index contributed by atoms with van der Waals surface area (Å²) in [7, 11) is 0. The summed E-state index contributed by atoms with van der Waals surface area (Å²) in [6.45, 7) is 0. The number of benzene rings is 1. The Bertz CT molecular complexity index is 361. The first-order chi connectivity index (χ1) is 8.19. The fraction of sp³-hybridized carbons (Fsp3) is 0.500. The van der Waals surface area contributed by atoms with Crippen LogP contribution in [0.15, 0.2) is 18.2 Å². The molecule has 3 N–H and O–H groups in total. The SMILES string of the molecule is NNC(Cc1cc(F)cc(F)c1)C1CCSC1. The standard InChI is InChI=1S/C12H16F2N2S/c13-10-3-8(4-11(14)6-10)5-12(16-15)9-1-2-17-7-9/h3-4,6,9,12,16H,1-2,5,7,15H2. The molecule has 1 heterocycles. The molecule has 2 nitrogen and oxygen atoms in total. The van der Waals surface area contributed by atoms with Crippen molar-refractivity contribution in [2.45, 2.75) is 18.9 Å². The van der Waals surface area contributed by atoms with Crippen LogP contribution in [-0.4, -0.2) is 17.5 Å². The Morgan fingerprint density at radius 1 is 1.35 bits per heavy atom. The van der Waals surface area contributed by atoms with Gasteiger partial charge in [0.05, 0.1) is 0 Å². The number of hydrogen-bond donors (Lipinski definition) is 2. The Morgan fingerprint density at radius 3 is 2.59 bits per heavy atom. The first-order valence-corrected chi connectivity index (χ1v) is 6.83. The average Bonchev–Trinajstić information content (AvgIpc) is 2.77. The van der Waals surface area contributed by atoms with Gasteiger partial charge in [0.1, 0.15) is 11.6 Å². The maximum atomic E-state index is 13.1. The quantitative estimate of drug-likeness (QED) is 0.641. The summed E-state index contributed by atoms with van der Waals surface area (Å²) in [6.07, 6.45) is 1.67. The molecule has 0 aromatic heterocycles. The predicted octanol–water partition coefficient (Wildman–Crippen LogP) is 2.09. The Balaban J connectivity index is 2.06. The predicted molar refractivity (Wildman–Crippen MR) is 66.6 cm³/mol. The first kappa shape index (κ1) is 12.8. The van der Waals surface area contributed by atoms with Gasteiger partial charge in [0, 0.05) is 12.1 Å². The summed E-state index contributed by atoms with van der Waals surface area (Å²) in [5, 5.41) is 0. The summed E-state index contributed by atoms with van der Waals surface area (Å²) in [6, 6.07) is 3.72. The zero-order valence-corrected chi connectivity index (χ0v) is 10.3.